The number of hydrogen-bond acceptors (Lipinski definition) is 4. The number of ether oxygens (including phenoxy) is 1. The first kappa shape index (κ1) is 17.5. The smallest absolute Gasteiger partial charge is 0.311 e. The van der Waals surface area contributed by atoms with Crippen LogP contribution in [0.4, 0.5) is 0 Å². The molecule has 2 aromatic rings. The van der Waals surface area contributed by atoms with E-state index in [0.717, 1.165) is 42.3 Å². The Balaban J connectivity index is 1.56. The summed E-state index contributed by atoms with van der Waals surface area (Å²) >= 11 is 0. The van der Waals surface area contributed by atoms with Crippen molar-refractivity contribution in [3.8, 4) is 5.75 Å². The van der Waals surface area contributed by atoms with Crippen molar-refractivity contribution in [2.24, 2.45) is 11.3 Å². The van der Waals surface area contributed by atoms with Crippen molar-refractivity contribution >= 4 is 22.8 Å². The van der Waals surface area contributed by atoms with Crippen LogP contribution in [-0.2, 0) is 4.79 Å². The minimum absolute atomic E-state index is 0.0551. The predicted octanol–water partition coefficient (Wildman–Crippen LogP) is 3.45. The number of aromatic nitrogens is 1. The summed E-state index contributed by atoms with van der Waals surface area (Å²) in [4.78, 5) is 32.0. The Hall–Kier alpha value is -2.63. The molecular formula is C22H24N2O4. The number of likely N-dealkylation sites (tertiary alicyclic amines) is 1. The van der Waals surface area contributed by atoms with Crippen molar-refractivity contribution < 1.29 is 19.4 Å². The van der Waals surface area contributed by atoms with E-state index in [0.29, 0.717) is 36.7 Å². The van der Waals surface area contributed by atoms with Crippen LogP contribution in [0.1, 0.15) is 54.1 Å². The molecule has 28 heavy (non-hydrogen) atoms. The highest BCUT2D eigenvalue weighted by Gasteiger charge is 2.55. The highest BCUT2D eigenvalue weighted by atomic mass is 16.5. The van der Waals surface area contributed by atoms with Gasteiger partial charge in [-0.15, -0.1) is 0 Å². The van der Waals surface area contributed by atoms with Crippen LogP contribution in [0.2, 0.25) is 0 Å². The first-order valence-electron chi connectivity index (χ1n) is 10.0. The largest absolute Gasteiger partial charge is 0.497 e. The average molecular weight is 380 g/mol. The molecule has 0 bridgehead atoms. The van der Waals surface area contributed by atoms with Crippen molar-refractivity contribution in [1.29, 1.82) is 0 Å². The summed E-state index contributed by atoms with van der Waals surface area (Å²) in [6.45, 7) is 0.829. The normalized spacial score (nSPS) is 26.5. The first-order valence-corrected chi connectivity index (χ1v) is 10.0. The molecule has 1 saturated heterocycles. The molecule has 0 unspecified atom stereocenters. The number of carboxylic acids is 1. The second-order valence-corrected chi connectivity index (χ2v) is 8.49. The van der Waals surface area contributed by atoms with E-state index >= 15 is 0 Å². The van der Waals surface area contributed by atoms with Crippen LogP contribution in [0.3, 0.4) is 0 Å². The molecule has 1 aromatic heterocycles. The second-order valence-electron chi connectivity index (χ2n) is 8.49. The molecular weight excluding hydrogens is 356 g/mol. The van der Waals surface area contributed by atoms with Crippen molar-refractivity contribution in [2.45, 2.75) is 38.0 Å². The molecule has 1 amide bonds. The molecule has 0 spiro atoms. The van der Waals surface area contributed by atoms with Crippen molar-refractivity contribution in [1.82, 2.24) is 9.88 Å². The predicted molar refractivity (Wildman–Crippen MR) is 104 cm³/mol. The van der Waals surface area contributed by atoms with Gasteiger partial charge in [0.2, 0.25) is 0 Å². The fourth-order valence-corrected chi connectivity index (χ4v) is 5.08. The van der Waals surface area contributed by atoms with E-state index in [1.54, 1.807) is 12.0 Å². The van der Waals surface area contributed by atoms with Gasteiger partial charge in [-0.1, -0.05) is 6.42 Å². The molecule has 1 aromatic carbocycles. The van der Waals surface area contributed by atoms with Gasteiger partial charge in [0, 0.05) is 30.1 Å². The third-order valence-electron chi connectivity index (χ3n) is 6.85. The fourth-order valence-electron chi connectivity index (χ4n) is 5.08. The molecule has 0 radical (unpaired) electrons. The van der Waals surface area contributed by atoms with Crippen LogP contribution in [0.15, 0.2) is 24.3 Å². The van der Waals surface area contributed by atoms with Gasteiger partial charge in [0.05, 0.1) is 23.6 Å². The highest BCUT2D eigenvalue weighted by molar-refractivity contribution is 6.07. The number of methoxy groups -OCH3 is 1. The standard InChI is InChI=1S/C22H24N2O4/c1-28-15-6-7-18-16(9-15)17(10-19(23-18)13-4-5-13)20(25)24-11-14-3-2-8-22(14,12-24)21(26)27/h6-7,9-10,13-14H,2-5,8,11-12H2,1H3,(H,26,27)/t14-,22+/m0/s1. The molecule has 2 heterocycles. The minimum atomic E-state index is -0.768. The molecule has 2 atom stereocenters. The van der Waals surface area contributed by atoms with E-state index in [1.165, 1.54) is 0 Å². The van der Waals surface area contributed by atoms with Gasteiger partial charge in [-0.2, -0.15) is 0 Å². The van der Waals surface area contributed by atoms with E-state index in [9.17, 15) is 14.7 Å². The van der Waals surface area contributed by atoms with Crippen LogP contribution in [-0.4, -0.2) is 47.1 Å². The second kappa shape index (κ2) is 6.19. The maximum atomic E-state index is 13.5. The molecule has 3 fully saturated rings. The molecule has 1 aliphatic heterocycles. The molecule has 5 rings (SSSR count). The number of aliphatic carboxylic acids is 1. The van der Waals surface area contributed by atoms with Gasteiger partial charge in [0.1, 0.15) is 5.75 Å². The zero-order valence-electron chi connectivity index (χ0n) is 16.0. The Morgan fingerprint density at radius 1 is 1.25 bits per heavy atom. The summed E-state index contributed by atoms with van der Waals surface area (Å²) in [7, 11) is 1.60. The first-order chi connectivity index (χ1) is 13.5. The Kier molecular flexibility index (Phi) is 3.86. The molecule has 6 heteroatoms. The third kappa shape index (κ3) is 2.58. The molecule has 1 N–H and O–H groups in total. The monoisotopic (exact) mass is 380 g/mol. The van der Waals surface area contributed by atoms with Gasteiger partial charge >= 0.3 is 5.97 Å². The van der Waals surface area contributed by atoms with Crippen molar-refractivity contribution in [3.63, 3.8) is 0 Å². The highest BCUT2D eigenvalue weighted by Crippen LogP contribution is 2.49. The Bertz CT molecular complexity index is 984. The van der Waals surface area contributed by atoms with E-state index in [2.05, 4.69) is 0 Å². The zero-order chi connectivity index (χ0) is 19.5. The average Bonchev–Trinajstić information content (AvgIpc) is 3.36. The van der Waals surface area contributed by atoms with Crippen LogP contribution >= 0.6 is 0 Å². The van der Waals surface area contributed by atoms with Crippen molar-refractivity contribution in [2.75, 3.05) is 20.2 Å². The van der Waals surface area contributed by atoms with Crippen LogP contribution < -0.4 is 4.74 Å². The lowest BCUT2D eigenvalue weighted by molar-refractivity contribution is -0.149. The number of hydrogen-bond donors (Lipinski definition) is 1. The van der Waals surface area contributed by atoms with E-state index in [1.807, 2.05) is 24.3 Å². The maximum absolute atomic E-state index is 13.5. The van der Waals surface area contributed by atoms with Crippen LogP contribution in [0, 0.1) is 11.3 Å². The van der Waals surface area contributed by atoms with Crippen LogP contribution in [0.25, 0.3) is 10.9 Å². The number of rotatable bonds is 4. The van der Waals surface area contributed by atoms with Crippen LogP contribution in [0.5, 0.6) is 5.75 Å². The van der Waals surface area contributed by atoms with Gasteiger partial charge in [-0.25, -0.2) is 0 Å². The van der Waals surface area contributed by atoms with Gasteiger partial charge in [0.15, 0.2) is 0 Å². The van der Waals surface area contributed by atoms with E-state index in [4.69, 9.17) is 9.72 Å². The van der Waals surface area contributed by atoms with Gasteiger partial charge in [-0.3, -0.25) is 14.6 Å². The van der Waals surface area contributed by atoms with Crippen molar-refractivity contribution in [3.05, 3.63) is 35.5 Å². The number of carbonyl (C=O) groups excluding carboxylic acids is 1. The zero-order valence-corrected chi connectivity index (χ0v) is 16.0. The number of carbonyl (C=O) groups is 2. The molecule has 146 valence electrons. The number of nitrogens with zero attached hydrogens (tertiary/aromatic N) is 2. The number of fused-ring (bicyclic) bond motifs is 2. The topological polar surface area (TPSA) is 79.7 Å². The summed E-state index contributed by atoms with van der Waals surface area (Å²) in [5, 5.41) is 10.6. The van der Waals surface area contributed by atoms with E-state index < -0.39 is 11.4 Å². The number of pyridine rings is 1. The Morgan fingerprint density at radius 3 is 2.75 bits per heavy atom. The SMILES string of the molecule is COc1ccc2nc(C3CC3)cc(C(=O)N3C[C@@H]4CCC[C@@]4(C(=O)O)C3)c2c1. The van der Waals surface area contributed by atoms with Gasteiger partial charge in [-0.05, 0) is 55.9 Å². The Morgan fingerprint density at radius 2 is 2.07 bits per heavy atom. The maximum Gasteiger partial charge on any atom is 0.311 e. The number of carboxylic acid groups (broad SMARTS) is 1. The number of amides is 1. The lowest BCUT2D eigenvalue weighted by Crippen LogP contribution is -2.37. The summed E-state index contributed by atoms with van der Waals surface area (Å²) in [5.74, 6) is 0.325. The quantitative estimate of drug-likeness (QED) is 0.879. The summed E-state index contributed by atoms with van der Waals surface area (Å²) in [6, 6.07) is 7.54. The number of benzene rings is 1. The molecule has 6 nitrogen and oxygen atoms in total. The summed E-state index contributed by atoms with van der Waals surface area (Å²) < 4.78 is 5.35. The molecule has 2 aliphatic carbocycles. The van der Waals surface area contributed by atoms with E-state index in [-0.39, 0.29) is 11.8 Å². The summed E-state index contributed by atoms with van der Waals surface area (Å²) in [6.07, 6.45) is 4.69. The third-order valence-corrected chi connectivity index (χ3v) is 6.85. The lowest BCUT2D eigenvalue weighted by atomic mass is 9.81. The summed E-state index contributed by atoms with van der Waals surface area (Å²) in [5.41, 5.74) is 1.61. The molecule has 2 saturated carbocycles. The Labute approximate surface area is 163 Å². The molecule has 3 aliphatic rings. The van der Waals surface area contributed by atoms with Gasteiger partial charge in [0.25, 0.3) is 5.91 Å². The van der Waals surface area contributed by atoms with Gasteiger partial charge < -0.3 is 14.7 Å². The minimum Gasteiger partial charge on any atom is -0.497 e. The lowest BCUT2D eigenvalue weighted by Gasteiger charge is -2.23. The fraction of sp³-hybridized carbons (Fsp3) is 0.500.